The third kappa shape index (κ3) is 4.98. The number of carbonyl (C=O) groups is 1. The molecule has 0 heterocycles. The zero-order valence-corrected chi connectivity index (χ0v) is 13.2. The van der Waals surface area contributed by atoms with Gasteiger partial charge in [0.05, 0.1) is 0 Å². The largest absolute Gasteiger partial charge is 0.423 e. The first kappa shape index (κ1) is 19.8. The summed E-state index contributed by atoms with van der Waals surface area (Å²) in [5.41, 5.74) is 0. The van der Waals surface area contributed by atoms with E-state index in [0.29, 0.717) is 26.2 Å². The maximum atomic E-state index is 11.9. The number of nitrogens with zero attached hydrogens (tertiary/aromatic N) is 2. The summed E-state index contributed by atoms with van der Waals surface area (Å²) in [6.45, 7) is 24.2. The summed E-state index contributed by atoms with van der Waals surface area (Å²) in [5, 5.41) is 0. The van der Waals surface area contributed by atoms with E-state index in [1.54, 1.807) is 30.4 Å². The molecule has 0 rings (SSSR count). The highest BCUT2D eigenvalue weighted by atomic mass is 16.6. The van der Waals surface area contributed by atoms with E-state index in [4.69, 9.17) is 4.74 Å². The third-order valence-electron chi connectivity index (χ3n) is 2.99. The van der Waals surface area contributed by atoms with Gasteiger partial charge in [-0.05, 0) is 6.08 Å². The van der Waals surface area contributed by atoms with Crippen molar-refractivity contribution in [1.82, 2.24) is 9.80 Å². The summed E-state index contributed by atoms with van der Waals surface area (Å²) >= 11 is 0. The Morgan fingerprint density at radius 3 is 1.41 bits per heavy atom. The fourth-order valence-corrected chi connectivity index (χ4v) is 2.11. The molecule has 0 N–H and O–H groups in total. The number of rotatable bonds is 13. The van der Waals surface area contributed by atoms with Gasteiger partial charge in [-0.3, -0.25) is 0 Å². The van der Waals surface area contributed by atoms with E-state index in [0.717, 1.165) is 6.08 Å². The van der Waals surface area contributed by atoms with Crippen molar-refractivity contribution in [3.05, 3.63) is 75.9 Å². The SMILES string of the molecule is C=CCN(CC=C)C(C=C)(OC(=O)C=C)N(CC=C)CC=C. The van der Waals surface area contributed by atoms with Crippen LogP contribution in [0.15, 0.2) is 75.9 Å². The average molecular weight is 302 g/mol. The van der Waals surface area contributed by atoms with Crippen LogP contribution in [0.1, 0.15) is 0 Å². The number of hydrogen-bond donors (Lipinski definition) is 0. The van der Waals surface area contributed by atoms with Gasteiger partial charge in [0.1, 0.15) is 0 Å². The first-order chi connectivity index (χ1) is 10.6. The molecule has 0 aromatic rings. The average Bonchev–Trinajstić information content (AvgIpc) is 2.52. The fourth-order valence-electron chi connectivity index (χ4n) is 2.11. The van der Waals surface area contributed by atoms with Crippen LogP contribution in [-0.4, -0.2) is 47.8 Å². The van der Waals surface area contributed by atoms with E-state index in [2.05, 4.69) is 39.5 Å². The molecule has 0 aromatic heterocycles. The summed E-state index contributed by atoms with van der Waals surface area (Å²) in [6, 6.07) is 0. The molecule has 0 unspecified atom stereocenters. The highest BCUT2D eigenvalue weighted by Gasteiger charge is 2.41. The molecule has 0 atom stereocenters. The second-order valence-electron chi connectivity index (χ2n) is 4.45. The van der Waals surface area contributed by atoms with Gasteiger partial charge in [0, 0.05) is 32.3 Å². The monoisotopic (exact) mass is 302 g/mol. The van der Waals surface area contributed by atoms with Gasteiger partial charge < -0.3 is 4.74 Å². The molecule has 0 aliphatic heterocycles. The van der Waals surface area contributed by atoms with E-state index in [1.165, 1.54) is 0 Å². The molecule has 0 spiro atoms. The van der Waals surface area contributed by atoms with Crippen LogP contribution in [0, 0.1) is 0 Å². The van der Waals surface area contributed by atoms with Crippen LogP contribution in [0.2, 0.25) is 0 Å². The van der Waals surface area contributed by atoms with Crippen LogP contribution in [0.3, 0.4) is 0 Å². The predicted octanol–water partition coefficient (Wildman–Crippen LogP) is 2.90. The highest BCUT2D eigenvalue weighted by molar-refractivity contribution is 5.81. The van der Waals surface area contributed by atoms with Crippen LogP contribution in [0.4, 0.5) is 0 Å². The molecular weight excluding hydrogens is 276 g/mol. The Morgan fingerprint density at radius 1 is 0.818 bits per heavy atom. The van der Waals surface area contributed by atoms with Crippen molar-refractivity contribution in [2.45, 2.75) is 5.85 Å². The van der Waals surface area contributed by atoms with Gasteiger partial charge in [0.25, 0.3) is 0 Å². The Labute approximate surface area is 134 Å². The number of ether oxygens (including phenoxy) is 1. The molecule has 0 fully saturated rings. The molecule has 22 heavy (non-hydrogen) atoms. The van der Waals surface area contributed by atoms with Gasteiger partial charge >= 0.3 is 5.97 Å². The van der Waals surface area contributed by atoms with Crippen LogP contribution in [0.25, 0.3) is 0 Å². The normalized spacial score (nSPS) is 10.8. The Kier molecular flexibility index (Phi) is 9.50. The number of carbonyl (C=O) groups excluding carboxylic acids is 1. The van der Waals surface area contributed by atoms with Crippen molar-refractivity contribution in [3.63, 3.8) is 0 Å². The van der Waals surface area contributed by atoms with E-state index >= 15 is 0 Å². The molecule has 0 aliphatic carbocycles. The van der Waals surface area contributed by atoms with Crippen molar-refractivity contribution in [2.24, 2.45) is 0 Å². The maximum absolute atomic E-state index is 11.9. The molecule has 0 amide bonds. The molecule has 120 valence electrons. The van der Waals surface area contributed by atoms with Gasteiger partial charge in [0.15, 0.2) is 0 Å². The smallest absolute Gasteiger partial charge is 0.333 e. The standard InChI is InChI=1S/C18H26N2O2/c1-7-13-19(14-8-2)18(12-6,22-17(21)11-5)20(15-9-3)16-10-4/h7-12H,1-6,13-16H2. The lowest BCUT2D eigenvalue weighted by atomic mass is 10.2. The topological polar surface area (TPSA) is 32.8 Å². The Hall–Kier alpha value is -2.17. The lowest BCUT2D eigenvalue weighted by Gasteiger charge is -2.46. The van der Waals surface area contributed by atoms with Crippen LogP contribution in [0.5, 0.6) is 0 Å². The lowest BCUT2D eigenvalue weighted by Crippen LogP contribution is -2.62. The first-order valence-corrected chi connectivity index (χ1v) is 6.98. The van der Waals surface area contributed by atoms with Crippen molar-refractivity contribution < 1.29 is 9.53 Å². The van der Waals surface area contributed by atoms with Crippen LogP contribution < -0.4 is 0 Å². The molecule has 0 aromatic carbocycles. The maximum Gasteiger partial charge on any atom is 0.333 e. The Balaban J connectivity index is 5.96. The molecule has 0 saturated heterocycles. The third-order valence-corrected chi connectivity index (χ3v) is 2.99. The van der Waals surface area contributed by atoms with E-state index in [1.807, 2.05) is 9.80 Å². The number of esters is 1. The van der Waals surface area contributed by atoms with Crippen molar-refractivity contribution in [1.29, 1.82) is 0 Å². The predicted molar refractivity (Wildman–Crippen MR) is 93.2 cm³/mol. The van der Waals surface area contributed by atoms with Gasteiger partial charge in [-0.15, -0.1) is 26.3 Å². The quantitative estimate of drug-likeness (QED) is 0.227. The zero-order valence-electron chi connectivity index (χ0n) is 13.2. The van der Waals surface area contributed by atoms with Crippen molar-refractivity contribution in [2.75, 3.05) is 26.2 Å². The lowest BCUT2D eigenvalue weighted by molar-refractivity contribution is -0.205. The molecule has 0 saturated carbocycles. The molecule has 0 bridgehead atoms. The van der Waals surface area contributed by atoms with Crippen LogP contribution >= 0.6 is 0 Å². The van der Waals surface area contributed by atoms with Gasteiger partial charge in [-0.25, -0.2) is 14.6 Å². The summed E-state index contributed by atoms with van der Waals surface area (Å²) < 4.78 is 5.66. The molecular formula is C18H26N2O2. The first-order valence-electron chi connectivity index (χ1n) is 6.98. The molecule has 0 radical (unpaired) electrons. The van der Waals surface area contributed by atoms with E-state index in [-0.39, 0.29) is 0 Å². The Morgan fingerprint density at radius 2 is 1.18 bits per heavy atom. The summed E-state index contributed by atoms with van der Waals surface area (Å²) in [4.78, 5) is 15.6. The van der Waals surface area contributed by atoms with Gasteiger partial charge in [-0.1, -0.05) is 37.5 Å². The summed E-state index contributed by atoms with van der Waals surface area (Å²) in [5.74, 6) is -1.72. The van der Waals surface area contributed by atoms with Crippen LogP contribution in [-0.2, 0) is 9.53 Å². The number of hydrogen-bond acceptors (Lipinski definition) is 4. The second-order valence-corrected chi connectivity index (χ2v) is 4.45. The van der Waals surface area contributed by atoms with E-state index in [9.17, 15) is 4.79 Å². The minimum atomic E-state index is -1.17. The van der Waals surface area contributed by atoms with Crippen molar-refractivity contribution >= 4 is 5.97 Å². The highest BCUT2D eigenvalue weighted by Crippen LogP contribution is 2.25. The summed E-state index contributed by atoms with van der Waals surface area (Å²) in [6.07, 6.45) is 9.60. The second kappa shape index (κ2) is 10.5. The minimum absolute atomic E-state index is 0.479. The minimum Gasteiger partial charge on any atom is -0.423 e. The van der Waals surface area contributed by atoms with E-state index < -0.39 is 11.8 Å². The molecule has 4 nitrogen and oxygen atoms in total. The molecule has 0 aliphatic rings. The fraction of sp³-hybridized carbons (Fsp3) is 0.278. The zero-order chi connectivity index (χ0) is 17.0. The molecule has 4 heteroatoms. The summed E-state index contributed by atoms with van der Waals surface area (Å²) in [7, 11) is 0. The van der Waals surface area contributed by atoms with Crippen molar-refractivity contribution in [3.8, 4) is 0 Å². The van der Waals surface area contributed by atoms with Gasteiger partial charge in [-0.2, -0.15) is 0 Å². The Bertz CT molecular complexity index is 396. The van der Waals surface area contributed by atoms with Gasteiger partial charge in [0.2, 0.25) is 5.85 Å².